The maximum absolute atomic E-state index is 12.7. The van der Waals surface area contributed by atoms with Crippen LogP contribution in [-0.4, -0.2) is 45.5 Å². The van der Waals surface area contributed by atoms with Crippen LogP contribution in [0.4, 0.5) is 5.69 Å². The smallest absolute Gasteiger partial charge is 0.230 e. The maximum atomic E-state index is 12.7. The predicted molar refractivity (Wildman–Crippen MR) is 147 cm³/mol. The van der Waals surface area contributed by atoms with E-state index in [0.717, 1.165) is 44.8 Å². The molecule has 0 fully saturated rings. The van der Waals surface area contributed by atoms with Gasteiger partial charge in [-0.25, -0.2) is 0 Å². The second kappa shape index (κ2) is 10.3. The van der Waals surface area contributed by atoms with E-state index < -0.39 is 0 Å². The number of benzene rings is 3. The molecule has 8 heteroatoms. The van der Waals surface area contributed by atoms with Gasteiger partial charge in [-0.3, -0.25) is 9.36 Å². The van der Waals surface area contributed by atoms with Crippen LogP contribution in [0.25, 0.3) is 28.0 Å². The molecule has 0 aliphatic rings. The van der Waals surface area contributed by atoms with Gasteiger partial charge in [-0.15, -0.1) is 10.2 Å². The molecule has 2 aromatic heterocycles. The summed E-state index contributed by atoms with van der Waals surface area (Å²) in [6, 6.07) is 24.4. The van der Waals surface area contributed by atoms with E-state index in [0.29, 0.717) is 11.7 Å². The molecule has 36 heavy (non-hydrogen) atoms. The number of nitrogens with one attached hydrogen (secondary N) is 2. The van der Waals surface area contributed by atoms with Crippen molar-refractivity contribution in [1.82, 2.24) is 25.1 Å². The molecule has 5 aromatic rings. The molecule has 0 saturated heterocycles. The van der Waals surface area contributed by atoms with Gasteiger partial charge in [0, 0.05) is 49.0 Å². The molecule has 0 spiro atoms. The maximum Gasteiger partial charge on any atom is 0.230 e. The Morgan fingerprint density at radius 2 is 1.75 bits per heavy atom. The third-order valence-corrected chi connectivity index (χ3v) is 7.02. The number of rotatable bonds is 8. The third-order valence-electron chi connectivity index (χ3n) is 6.09. The van der Waals surface area contributed by atoms with Gasteiger partial charge in [0.05, 0.1) is 11.4 Å². The minimum absolute atomic E-state index is 0.0512. The average Bonchev–Trinajstić information content (AvgIpc) is 3.50. The number of aromatic amines is 1. The molecule has 0 unspecified atom stereocenters. The number of anilines is 1. The SMILES string of the molecule is Cc1ccccc1-n1c(SCC(=O)NCc2ccc(N(C)C)cc2)nnc1-c1c[nH]c2ccccc12. The normalized spacial score (nSPS) is 11.1. The lowest BCUT2D eigenvalue weighted by Gasteiger charge is -2.13. The Bertz CT molecular complexity index is 1500. The van der Waals surface area contributed by atoms with E-state index in [2.05, 4.69) is 45.6 Å². The van der Waals surface area contributed by atoms with Gasteiger partial charge in [-0.1, -0.05) is 60.3 Å². The van der Waals surface area contributed by atoms with Gasteiger partial charge in [-0.2, -0.15) is 0 Å². The lowest BCUT2D eigenvalue weighted by molar-refractivity contribution is -0.118. The van der Waals surface area contributed by atoms with E-state index in [-0.39, 0.29) is 11.7 Å². The first-order valence-corrected chi connectivity index (χ1v) is 12.7. The number of carbonyl (C=O) groups excluding carboxylic acids is 1. The van der Waals surface area contributed by atoms with Crippen LogP contribution in [0.3, 0.4) is 0 Å². The molecule has 7 nitrogen and oxygen atoms in total. The topological polar surface area (TPSA) is 78.8 Å². The molecular formula is C28H28N6OS. The van der Waals surface area contributed by atoms with Crippen LogP contribution in [0, 0.1) is 6.92 Å². The Morgan fingerprint density at radius 1 is 1.00 bits per heavy atom. The zero-order valence-electron chi connectivity index (χ0n) is 20.5. The van der Waals surface area contributed by atoms with Crippen molar-refractivity contribution in [3.63, 3.8) is 0 Å². The average molecular weight is 497 g/mol. The molecule has 5 rings (SSSR count). The summed E-state index contributed by atoms with van der Waals surface area (Å²) in [7, 11) is 4.02. The third kappa shape index (κ3) is 4.85. The Kier molecular flexibility index (Phi) is 6.77. The Hall–Kier alpha value is -4.04. The fraction of sp³-hybridized carbons (Fsp3) is 0.179. The standard InChI is InChI=1S/C28H28N6OS/c1-19-8-4-7-11-25(19)34-27(23-17-29-24-10-6-5-9-22(23)24)31-32-28(34)36-18-26(35)30-16-20-12-14-21(15-13-20)33(2)3/h4-15,17,29H,16,18H2,1-3H3,(H,30,35). The van der Waals surface area contributed by atoms with E-state index in [1.807, 2.05) is 84.4 Å². The monoisotopic (exact) mass is 496 g/mol. The second-order valence-corrected chi connectivity index (χ2v) is 9.74. The van der Waals surface area contributed by atoms with Crippen molar-refractivity contribution in [2.75, 3.05) is 24.7 Å². The molecule has 0 bridgehead atoms. The van der Waals surface area contributed by atoms with Gasteiger partial charge < -0.3 is 15.2 Å². The van der Waals surface area contributed by atoms with E-state index in [9.17, 15) is 4.79 Å². The van der Waals surface area contributed by atoms with Crippen LogP contribution in [0.2, 0.25) is 0 Å². The molecule has 2 heterocycles. The number of aromatic nitrogens is 4. The number of fused-ring (bicyclic) bond motifs is 1. The largest absolute Gasteiger partial charge is 0.378 e. The van der Waals surface area contributed by atoms with Gasteiger partial charge in [0.25, 0.3) is 0 Å². The summed E-state index contributed by atoms with van der Waals surface area (Å²) < 4.78 is 2.04. The summed E-state index contributed by atoms with van der Waals surface area (Å²) in [5.41, 5.74) is 6.29. The molecule has 0 aliphatic heterocycles. The summed E-state index contributed by atoms with van der Waals surface area (Å²) in [6.45, 7) is 2.55. The highest BCUT2D eigenvalue weighted by atomic mass is 32.2. The van der Waals surface area contributed by atoms with Crippen LogP contribution in [0.15, 0.2) is 84.1 Å². The highest BCUT2D eigenvalue weighted by Gasteiger charge is 2.20. The summed E-state index contributed by atoms with van der Waals surface area (Å²) in [4.78, 5) is 18.1. The lowest BCUT2D eigenvalue weighted by Crippen LogP contribution is -2.24. The molecule has 2 N–H and O–H groups in total. The van der Waals surface area contributed by atoms with Gasteiger partial charge in [0.2, 0.25) is 5.91 Å². The lowest BCUT2D eigenvalue weighted by atomic mass is 10.1. The quantitative estimate of drug-likeness (QED) is 0.289. The molecular weight excluding hydrogens is 468 g/mol. The van der Waals surface area contributed by atoms with Gasteiger partial charge in [0.15, 0.2) is 11.0 Å². The van der Waals surface area contributed by atoms with E-state index in [1.54, 1.807) is 0 Å². The van der Waals surface area contributed by atoms with Crippen molar-refractivity contribution in [2.45, 2.75) is 18.6 Å². The zero-order chi connectivity index (χ0) is 25.1. The Balaban J connectivity index is 1.37. The highest BCUT2D eigenvalue weighted by molar-refractivity contribution is 7.99. The Morgan fingerprint density at radius 3 is 2.53 bits per heavy atom. The minimum Gasteiger partial charge on any atom is -0.378 e. The van der Waals surface area contributed by atoms with E-state index in [4.69, 9.17) is 0 Å². The van der Waals surface area contributed by atoms with Crippen LogP contribution in [-0.2, 0) is 11.3 Å². The number of hydrogen-bond donors (Lipinski definition) is 2. The van der Waals surface area contributed by atoms with Crippen LogP contribution >= 0.6 is 11.8 Å². The number of thioether (sulfide) groups is 1. The summed E-state index contributed by atoms with van der Waals surface area (Å²) in [5, 5.41) is 13.8. The van der Waals surface area contributed by atoms with Crippen LogP contribution in [0.1, 0.15) is 11.1 Å². The molecule has 182 valence electrons. The number of H-pyrrole nitrogens is 1. The number of aryl methyl sites for hydroxylation is 1. The molecule has 1 amide bonds. The Labute approximate surface area is 214 Å². The molecule has 0 radical (unpaired) electrons. The zero-order valence-corrected chi connectivity index (χ0v) is 21.3. The number of amides is 1. The first-order chi connectivity index (χ1) is 17.5. The van der Waals surface area contributed by atoms with Gasteiger partial charge in [0.1, 0.15) is 0 Å². The minimum atomic E-state index is -0.0512. The van der Waals surface area contributed by atoms with Crippen molar-refractivity contribution < 1.29 is 4.79 Å². The van der Waals surface area contributed by atoms with Crippen molar-refractivity contribution in [2.24, 2.45) is 0 Å². The first kappa shape index (κ1) is 23.7. The van der Waals surface area contributed by atoms with Crippen molar-refractivity contribution in [3.8, 4) is 17.1 Å². The van der Waals surface area contributed by atoms with E-state index >= 15 is 0 Å². The fourth-order valence-electron chi connectivity index (χ4n) is 4.12. The number of para-hydroxylation sites is 2. The number of nitrogens with zero attached hydrogens (tertiary/aromatic N) is 4. The van der Waals surface area contributed by atoms with Gasteiger partial charge >= 0.3 is 0 Å². The second-order valence-electron chi connectivity index (χ2n) is 8.80. The first-order valence-electron chi connectivity index (χ1n) is 11.7. The molecule has 0 aliphatic carbocycles. The van der Waals surface area contributed by atoms with Crippen molar-refractivity contribution in [3.05, 3.63) is 90.1 Å². The number of carbonyl (C=O) groups is 1. The predicted octanol–water partition coefficient (Wildman–Crippen LogP) is 5.20. The summed E-state index contributed by atoms with van der Waals surface area (Å²) >= 11 is 1.38. The van der Waals surface area contributed by atoms with Crippen molar-refractivity contribution >= 4 is 34.3 Å². The fourth-order valence-corrected chi connectivity index (χ4v) is 4.89. The molecule has 0 saturated carbocycles. The van der Waals surface area contributed by atoms with Crippen LogP contribution in [0.5, 0.6) is 0 Å². The van der Waals surface area contributed by atoms with Crippen LogP contribution < -0.4 is 10.2 Å². The molecule has 3 aromatic carbocycles. The summed E-state index contributed by atoms with van der Waals surface area (Å²) in [5.74, 6) is 0.934. The van der Waals surface area contributed by atoms with Gasteiger partial charge in [-0.05, 0) is 42.3 Å². The van der Waals surface area contributed by atoms with Crippen molar-refractivity contribution in [1.29, 1.82) is 0 Å². The van der Waals surface area contributed by atoms with E-state index in [1.165, 1.54) is 11.8 Å². The highest BCUT2D eigenvalue weighted by Crippen LogP contribution is 2.33. The number of hydrogen-bond acceptors (Lipinski definition) is 5. The molecule has 0 atom stereocenters. The summed E-state index contributed by atoms with van der Waals surface area (Å²) in [6.07, 6.45) is 1.96.